The molecule has 0 atom stereocenters. The van der Waals surface area contributed by atoms with Crippen molar-refractivity contribution in [1.29, 1.82) is 0 Å². The van der Waals surface area contributed by atoms with E-state index < -0.39 is 0 Å². The van der Waals surface area contributed by atoms with Crippen molar-refractivity contribution < 1.29 is 14.3 Å². The fraction of sp³-hybridized carbons (Fsp3) is 0.188. The maximum atomic E-state index is 11.6. The number of hydrogen-bond donors (Lipinski definition) is 0. The molecule has 2 aromatic rings. The predicted octanol–water partition coefficient (Wildman–Crippen LogP) is 3.57. The van der Waals surface area contributed by atoms with E-state index in [2.05, 4.69) is 0 Å². The van der Waals surface area contributed by atoms with Crippen molar-refractivity contribution in [3.8, 4) is 22.6 Å². The number of Topliss-reactive ketones (excluding diaryl/α,β-unsaturated/α-hetero) is 1. The molecule has 2 rings (SSSR count). The second-order valence-electron chi connectivity index (χ2n) is 4.15. The summed E-state index contributed by atoms with van der Waals surface area (Å²) in [6, 6.07) is 13.5. The van der Waals surface area contributed by atoms with Gasteiger partial charge in [0.2, 0.25) is 0 Å². The standard InChI is InChI=1S/C16H16O3/c1-11(17)13-9-10-14(12-7-5-4-6-8-12)16(19-3)15(13)18-2/h4-10H,1-3H3. The third-order valence-electron chi connectivity index (χ3n) is 2.98. The van der Waals surface area contributed by atoms with Crippen LogP contribution in [0.5, 0.6) is 11.5 Å². The number of carbonyl (C=O) groups is 1. The maximum Gasteiger partial charge on any atom is 0.172 e. The van der Waals surface area contributed by atoms with E-state index in [9.17, 15) is 4.79 Å². The van der Waals surface area contributed by atoms with Gasteiger partial charge >= 0.3 is 0 Å². The third kappa shape index (κ3) is 2.45. The molecule has 0 amide bonds. The van der Waals surface area contributed by atoms with Crippen LogP contribution in [0.25, 0.3) is 11.1 Å². The normalized spacial score (nSPS) is 10.1. The van der Waals surface area contributed by atoms with Crippen LogP contribution < -0.4 is 9.47 Å². The molecule has 0 spiro atoms. The van der Waals surface area contributed by atoms with Gasteiger partial charge in [0.1, 0.15) is 0 Å². The summed E-state index contributed by atoms with van der Waals surface area (Å²) in [5, 5.41) is 0. The van der Waals surface area contributed by atoms with E-state index in [1.165, 1.54) is 6.92 Å². The fourth-order valence-corrected chi connectivity index (χ4v) is 2.09. The van der Waals surface area contributed by atoms with Crippen LogP contribution in [0.1, 0.15) is 17.3 Å². The molecule has 0 saturated carbocycles. The van der Waals surface area contributed by atoms with Gasteiger partial charge in [-0.1, -0.05) is 30.3 Å². The van der Waals surface area contributed by atoms with Crippen molar-refractivity contribution in [2.24, 2.45) is 0 Å². The van der Waals surface area contributed by atoms with Gasteiger partial charge in [-0.2, -0.15) is 0 Å². The summed E-state index contributed by atoms with van der Waals surface area (Å²) >= 11 is 0. The molecule has 3 heteroatoms. The Morgan fingerprint density at radius 2 is 1.53 bits per heavy atom. The first-order valence-electron chi connectivity index (χ1n) is 6.00. The van der Waals surface area contributed by atoms with E-state index in [-0.39, 0.29) is 5.78 Å². The molecule has 0 aromatic heterocycles. The lowest BCUT2D eigenvalue weighted by Crippen LogP contribution is -2.01. The second-order valence-corrected chi connectivity index (χ2v) is 4.15. The monoisotopic (exact) mass is 256 g/mol. The number of ether oxygens (including phenoxy) is 2. The second kappa shape index (κ2) is 5.57. The van der Waals surface area contributed by atoms with Crippen LogP contribution in [0.4, 0.5) is 0 Å². The van der Waals surface area contributed by atoms with Gasteiger partial charge in [0.05, 0.1) is 19.8 Å². The lowest BCUT2D eigenvalue weighted by molar-refractivity contribution is 0.101. The van der Waals surface area contributed by atoms with E-state index in [0.29, 0.717) is 17.1 Å². The minimum Gasteiger partial charge on any atom is -0.492 e. The quantitative estimate of drug-likeness (QED) is 0.784. The van der Waals surface area contributed by atoms with Crippen molar-refractivity contribution in [3.05, 3.63) is 48.0 Å². The third-order valence-corrected chi connectivity index (χ3v) is 2.98. The number of carbonyl (C=O) groups excluding carboxylic acids is 1. The molecule has 0 fully saturated rings. The first-order chi connectivity index (χ1) is 9.19. The SMILES string of the molecule is COc1c(C(C)=O)ccc(-c2ccccc2)c1OC. The molecule has 0 N–H and O–H groups in total. The Labute approximate surface area is 112 Å². The lowest BCUT2D eigenvalue weighted by atomic mass is 10.00. The first kappa shape index (κ1) is 13.1. The van der Waals surface area contributed by atoms with Gasteiger partial charge in [-0.3, -0.25) is 4.79 Å². The zero-order valence-corrected chi connectivity index (χ0v) is 11.3. The Morgan fingerprint density at radius 3 is 2.05 bits per heavy atom. The van der Waals surface area contributed by atoms with Gasteiger partial charge in [-0.15, -0.1) is 0 Å². The van der Waals surface area contributed by atoms with Crippen molar-refractivity contribution in [1.82, 2.24) is 0 Å². The van der Waals surface area contributed by atoms with E-state index in [0.717, 1.165) is 11.1 Å². The van der Waals surface area contributed by atoms with E-state index in [1.807, 2.05) is 36.4 Å². The van der Waals surface area contributed by atoms with Crippen LogP contribution in [0.3, 0.4) is 0 Å². The molecule has 98 valence electrons. The molecule has 3 nitrogen and oxygen atoms in total. The molecule has 19 heavy (non-hydrogen) atoms. The van der Waals surface area contributed by atoms with E-state index >= 15 is 0 Å². The van der Waals surface area contributed by atoms with Crippen molar-refractivity contribution in [2.75, 3.05) is 14.2 Å². The summed E-state index contributed by atoms with van der Waals surface area (Å²) in [5.74, 6) is 1.02. The van der Waals surface area contributed by atoms with Gasteiger partial charge < -0.3 is 9.47 Å². The Kier molecular flexibility index (Phi) is 3.85. The van der Waals surface area contributed by atoms with Crippen LogP contribution in [0, 0.1) is 0 Å². The van der Waals surface area contributed by atoms with Crippen molar-refractivity contribution in [2.45, 2.75) is 6.92 Å². The van der Waals surface area contributed by atoms with E-state index in [1.54, 1.807) is 20.3 Å². The zero-order chi connectivity index (χ0) is 13.8. The highest BCUT2D eigenvalue weighted by Gasteiger charge is 2.18. The van der Waals surface area contributed by atoms with Crippen LogP contribution in [-0.4, -0.2) is 20.0 Å². The summed E-state index contributed by atoms with van der Waals surface area (Å²) < 4.78 is 10.8. The Balaban J connectivity index is 2.67. The summed E-state index contributed by atoms with van der Waals surface area (Å²) in [5.41, 5.74) is 2.46. The average molecular weight is 256 g/mol. The Bertz CT molecular complexity index is 588. The van der Waals surface area contributed by atoms with Crippen LogP contribution in [0.2, 0.25) is 0 Å². The highest BCUT2D eigenvalue weighted by Crippen LogP contribution is 2.40. The number of benzene rings is 2. The van der Waals surface area contributed by atoms with Gasteiger partial charge in [-0.05, 0) is 24.6 Å². The smallest absolute Gasteiger partial charge is 0.172 e. The molecule has 0 aliphatic carbocycles. The molecule has 0 unspecified atom stereocenters. The summed E-state index contributed by atoms with van der Waals surface area (Å²) in [6.45, 7) is 1.51. The average Bonchev–Trinajstić information content (AvgIpc) is 2.46. The Morgan fingerprint density at radius 1 is 0.895 bits per heavy atom. The summed E-state index contributed by atoms with van der Waals surface area (Å²) in [6.07, 6.45) is 0. The fourth-order valence-electron chi connectivity index (χ4n) is 2.09. The minimum absolute atomic E-state index is 0.0465. The first-order valence-corrected chi connectivity index (χ1v) is 6.00. The van der Waals surface area contributed by atoms with Crippen molar-refractivity contribution >= 4 is 5.78 Å². The number of ketones is 1. The summed E-state index contributed by atoms with van der Waals surface area (Å²) in [4.78, 5) is 11.6. The Hall–Kier alpha value is -2.29. The van der Waals surface area contributed by atoms with Gasteiger partial charge in [0.15, 0.2) is 17.3 Å². The maximum absolute atomic E-state index is 11.6. The largest absolute Gasteiger partial charge is 0.492 e. The molecular formula is C16H16O3. The highest BCUT2D eigenvalue weighted by atomic mass is 16.5. The van der Waals surface area contributed by atoms with E-state index in [4.69, 9.17) is 9.47 Å². The summed E-state index contributed by atoms with van der Waals surface area (Å²) in [7, 11) is 3.12. The van der Waals surface area contributed by atoms with Crippen LogP contribution >= 0.6 is 0 Å². The molecule has 2 aromatic carbocycles. The predicted molar refractivity (Wildman–Crippen MR) is 75.0 cm³/mol. The molecule has 0 aliphatic rings. The molecule has 0 bridgehead atoms. The van der Waals surface area contributed by atoms with Gasteiger partial charge in [-0.25, -0.2) is 0 Å². The zero-order valence-electron chi connectivity index (χ0n) is 11.3. The lowest BCUT2D eigenvalue weighted by Gasteiger charge is -2.15. The molecule has 0 aliphatic heterocycles. The van der Waals surface area contributed by atoms with Gasteiger partial charge in [0, 0.05) is 5.56 Å². The molecular weight excluding hydrogens is 240 g/mol. The van der Waals surface area contributed by atoms with Crippen molar-refractivity contribution in [3.63, 3.8) is 0 Å². The topological polar surface area (TPSA) is 35.5 Å². The van der Waals surface area contributed by atoms with Crippen LogP contribution in [-0.2, 0) is 0 Å². The highest BCUT2D eigenvalue weighted by molar-refractivity contribution is 5.99. The molecule has 0 radical (unpaired) electrons. The van der Waals surface area contributed by atoms with Crippen LogP contribution in [0.15, 0.2) is 42.5 Å². The number of hydrogen-bond acceptors (Lipinski definition) is 3. The number of methoxy groups -OCH3 is 2. The van der Waals surface area contributed by atoms with Gasteiger partial charge in [0.25, 0.3) is 0 Å². The molecule has 0 heterocycles. The molecule has 0 saturated heterocycles. The number of rotatable bonds is 4. The minimum atomic E-state index is -0.0465.